The SMILES string of the molecule is CNC(=O)CCNC(=O)[C@@H]1OP(=O)(N[C@@H](Cc2ccc(OC(C)(C)C)cc2)C(=O)OC(C)(C)C)OCC1(C)C. The normalized spacial score (nSPS) is 21.9. The predicted molar refractivity (Wildman–Crippen MR) is 147 cm³/mol. The highest BCUT2D eigenvalue weighted by molar-refractivity contribution is 7.51. The van der Waals surface area contributed by atoms with Crippen LogP contribution in [0.15, 0.2) is 24.3 Å². The molecular weight excluding hydrogens is 525 g/mol. The number of rotatable bonds is 10. The van der Waals surface area contributed by atoms with E-state index in [-0.39, 0.29) is 37.5 Å². The Morgan fingerprint density at radius 1 is 1.08 bits per heavy atom. The van der Waals surface area contributed by atoms with Crippen LogP contribution in [0.1, 0.15) is 67.4 Å². The summed E-state index contributed by atoms with van der Waals surface area (Å²) in [5.74, 6) is -0.728. The number of ether oxygens (including phenoxy) is 2. The molecule has 2 amide bonds. The summed E-state index contributed by atoms with van der Waals surface area (Å²) in [7, 11) is -2.62. The van der Waals surface area contributed by atoms with E-state index in [2.05, 4.69) is 15.7 Å². The van der Waals surface area contributed by atoms with E-state index in [9.17, 15) is 18.9 Å². The first kappa shape index (κ1) is 32.8. The van der Waals surface area contributed by atoms with Gasteiger partial charge in [0.25, 0.3) is 0 Å². The van der Waals surface area contributed by atoms with Gasteiger partial charge in [-0.05, 0) is 65.7 Å². The molecule has 12 heteroatoms. The lowest BCUT2D eigenvalue weighted by Crippen LogP contribution is -2.52. The maximum atomic E-state index is 13.7. The van der Waals surface area contributed by atoms with Crippen molar-refractivity contribution in [2.45, 2.75) is 91.6 Å². The van der Waals surface area contributed by atoms with E-state index in [0.717, 1.165) is 5.56 Å². The van der Waals surface area contributed by atoms with Crippen LogP contribution >= 0.6 is 7.75 Å². The Hall–Kier alpha value is -2.46. The predicted octanol–water partition coefficient (Wildman–Crippen LogP) is 3.51. The van der Waals surface area contributed by atoms with Gasteiger partial charge in [0.15, 0.2) is 6.10 Å². The minimum atomic E-state index is -4.13. The van der Waals surface area contributed by atoms with Crippen LogP contribution in [0.4, 0.5) is 0 Å². The van der Waals surface area contributed by atoms with Crippen molar-refractivity contribution in [3.63, 3.8) is 0 Å². The van der Waals surface area contributed by atoms with Crippen molar-refractivity contribution in [3.05, 3.63) is 29.8 Å². The average molecular weight is 570 g/mol. The van der Waals surface area contributed by atoms with E-state index in [0.29, 0.717) is 5.75 Å². The second-order valence-electron chi connectivity index (χ2n) is 12.2. The van der Waals surface area contributed by atoms with Gasteiger partial charge in [0, 0.05) is 25.4 Å². The van der Waals surface area contributed by atoms with Crippen molar-refractivity contribution in [3.8, 4) is 5.75 Å². The van der Waals surface area contributed by atoms with Gasteiger partial charge in [-0.15, -0.1) is 0 Å². The van der Waals surface area contributed by atoms with Gasteiger partial charge in [0.2, 0.25) is 11.8 Å². The van der Waals surface area contributed by atoms with E-state index in [1.54, 1.807) is 46.8 Å². The fourth-order valence-electron chi connectivity index (χ4n) is 3.65. The molecule has 1 aliphatic heterocycles. The molecule has 0 saturated carbocycles. The van der Waals surface area contributed by atoms with Crippen LogP contribution in [0, 0.1) is 5.41 Å². The summed E-state index contributed by atoms with van der Waals surface area (Å²) in [6.45, 7) is 14.5. The summed E-state index contributed by atoms with van der Waals surface area (Å²) in [5, 5.41) is 7.85. The first-order valence-corrected chi connectivity index (χ1v) is 14.6. The summed E-state index contributed by atoms with van der Waals surface area (Å²) in [5.41, 5.74) is -1.22. The quantitative estimate of drug-likeness (QED) is 0.285. The highest BCUT2D eigenvalue weighted by Crippen LogP contribution is 2.53. The molecular formula is C27H44N3O8P. The molecule has 1 aromatic rings. The van der Waals surface area contributed by atoms with Gasteiger partial charge < -0.3 is 20.1 Å². The Balaban J connectivity index is 2.22. The fraction of sp³-hybridized carbons (Fsp3) is 0.667. The highest BCUT2D eigenvalue weighted by Gasteiger charge is 2.49. The molecule has 1 aliphatic rings. The van der Waals surface area contributed by atoms with Crippen LogP contribution in [-0.4, -0.2) is 61.3 Å². The third kappa shape index (κ3) is 10.9. The molecule has 1 heterocycles. The van der Waals surface area contributed by atoms with Crippen molar-refractivity contribution < 1.29 is 37.5 Å². The van der Waals surface area contributed by atoms with Crippen LogP contribution < -0.4 is 20.5 Å². The largest absolute Gasteiger partial charge is 0.488 e. The van der Waals surface area contributed by atoms with Crippen LogP contribution in [0.5, 0.6) is 5.75 Å². The van der Waals surface area contributed by atoms with E-state index < -0.39 is 42.8 Å². The molecule has 39 heavy (non-hydrogen) atoms. The molecule has 0 spiro atoms. The zero-order chi connectivity index (χ0) is 29.6. The molecule has 1 fully saturated rings. The Morgan fingerprint density at radius 3 is 2.23 bits per heavy atom. The molecule has 0 bridgehead atoms. The summed E-state index contributed by atoms with van der Waals surface area (Å²) in [6.07, 6.45) is -0.946. The van der Waals surface area contributed by atoms with Crippen LogP contribution in [0.3, 0.4) is 0 Å². The van der Waals surface area contributed by atoms with Crippen molar-refractivity contribution in [1.29, 1.82) is 0 Å². The number of amides is 2. The second kappa shape index (κ2) is 12.8. The summed E-state index contributed by atoms with van der Waals surface area (Å²) < 4.78 is 36.5. The number of carbonyl (C=O) groups is 3. The first-order valence-electron chi connectivity index (χ1n) is 13.0. The lowest BCUT2D eigenvalue weighted by Gasteiger charge is -2.41. The number of hydrogen-bond donors (Lipinski definition) is 3. The van der Waals surface area contributed by atoms with Crippen molar-refractivity contribution in [1.82, 2.24) is 15.7 Å². The lowest BCUT2D eigenvalue weighted by molar-refractivity contribution is -0.157. The van der Waals surface area contributed by atoms with Crippen molar-refractivity contribution >= 4 is 25.5 Å². The highest BCUT2D eigenvalue weighted by atomic mass is 31.2. The summed E-state index contributed by atoms with van der Waals surface area (Å²) in [4.78, 5) is 37.6. The first-order chi connectivity index (χ1) is 17.8. The molecule has 3 N–H and O–H groups in total. The lowest BCUT2D eigenvalue weighted by atomic mass is 9.87. The summed E-state index contributed by atoms with van der Waals surface area (Å²) in [6, 6.07) is 6.12. The van der Waals surface area contributed by atoms with Gasteiger partial charge in [-0.3, -0.25) is 23.4 Å². The average Bonchev–Trinajstić information content (AvgIpc) is 2.79. The number of nitrogens with one attached hydrogen (secondary N) is 3. The van der Waals surface area contributed by atoms with Crippen molar-refractivity contribution in [2.24, 2.45) is 5.41 Å². The Labute approximate surface area is 231 Å². The zero-order valence-electron chi connectivity index (χ0n) is 24.5. The van der Waals surface area contributed by atoms with Crippen LogP contribution in [0.2, 0.25) is 0 Å². The van der Waals surface area contributed by atoms with E-state index in [1.807, 2.05) is 32.9 Å². The monoisotopic (exact) mass is 569 g/mol. The molecule has 11 nitrogen and oxygen atoms in total. The van der Waals surface area contributed by atoms with Crippen molar-refractivity contribution in [2.75, 3.05) is 20.2 Å². The van der Waals surface area contributed by atoms with E-state index in [1.165, 1.54) is 7.05 Å². The summed E-state index contributed by atoms with van der Waals surface area (Å²) >= 11 is 0. The van der Waals surface area contributed by atoms with Crippen LogP contribution in [0.25, 0.3) is 0 Å². The van der Waals surface area contributed by atoms with Gasteiger partial charge in [0.1, 0.15) is 23.0 Å². The van der Waals surface area contributed by atoms with Gasteiger partial charge in [0.05, 0.1) is 6.61 Å². The molecule has 3 atom stereocenters. The molecule has 0 radical (unpaired) electrons. The molecule has 0 aliphatic carbocycles. The van der Waals surface area contributed by atoms with E-state index >= 15 is 0 Å². The number of carbonyl (C=O) groups excluding carboxylic acids is 3. The van der Waals surface area contributed by atoms with Gasteiger partial charge >= 0.3 is 13.7 Å². The molecule has 2 rings (SSSR count). The van der Waals surface area contributed by atoms with Gasteiger partial charge in [-0.25, -0.2) is 9.65 Å². The van der Waals surface area contributed by atoms with E-state index in [4.69, 9.17) is 18.5 Å². The second-order valence-corrected chi connectivity index (χ2v) is 14.0. The standard InChI is InChI=1S/C27H44N3O8P/c1-25(2,3)36-19-12-10-18(11-13-19)16-20(24(33)37-26(4,5)6)30-39(34)35-17-27(7,8)22(38-39)23(32)29-15-14-21(31)28-9/h10-13,20,22H,14-17H2,1-9H3,(H,28,31)(H,29,32)(H,30,34)/t20-,22-,39?/m0/s1. The van der Waals surface area contributed by atoms with Gasteiger partial charge in [-0.1, -0.05) is 26.0 Å². The molecule has 1 saturated heterocycles. The van der Waals surface area contributed by atoms with Gasteiger partial charge in [-0.2, -0.15) is 0 Å². The number of benzene rings is 1. The maximum Gasteiger partial charge on any atom is 0.407 e. The smallest absolute Gasteiger partial charge is 0.407 e. The Morgan fingerprint density at radius 2 is 1.69 bits per heavy atom. The molecule has 1 aromatic carbocycles. The Bertz CT molecular complexity index is 1060. The third-order valence-electron chi connectivity index (χ3n) is 5.52. The number of esters is 1. The zero-order valence-corrected chi connectivity index (χ0v) is 25.4. The minimum Gasteiger partial charge on any atom is -0.488 e. The molecule has 1 unspecified atom stereocenters. The topological polar surface area (TPSA) is 141 Å². The van der Waals surface area contributed by atoms with Crippen LogP contribution in [-0.2, 0) is 39.2 Å². The molecule has 0 aromatic heterocycles. The number of hydrogen-bond acceptors (Lipinski definition) is 8. The minimum absolute atomic E-state index is 0.0648. The Kier molecular flexibility index (Phi) is 10.8. The fourth-order valence-corrected chi connectivity index (χ4v) is 5.59. The molecule has 220 valence electrons. The third-order valence-corrected chi connectivity index (χ3v) is 7.11. The maximum absolute atomic E-state index is 13.7.